The predicted octanol–water partition coefficient (Wildman–Crippen LogP) is 2.91. The first-order valence-electron chi connectivity index (χ1n) is 10.0. The molecule has 1 saturated heterocycles. The van der Waals surface area contributed by atoms with Crippen LogP contribution in [0.3, 0.4) is 0 Å². The molecular formula is C21H23N7O. The number of H-pyrrole nitrogens is 1. The molecule has 0 saturated carbocycles. The smallest absolute Gasteiger partial charge is 0.252 e. The average molecular weight is 389 g/mol. The molecule has 1 fully saturated rings. The third kappa shape index (κ3) is 3.04. The maximum absolute atomic E-state index is 13.1. The van der Waals surface area contributed by atoms with Gasteiger partial charge in [-0.15, -0.1) is 0 Å². The van der Waals surface area contributed by atoms with Gasteiger partial charge in [0.05, 0.1) is 17.1 Å². The van der Waals surface area contributed by atoms with Gasteiger partial charge in [0.15, 0.2) is 0 Å². The Bertz CT molecular complexity index is 1180. The van der Waals surface area contributed by atoms with E-state index in [1.165, 1.54) is 6.33 Å². The quantitative estimate of drug-likeness (QED) is 0.579. The first kappa shape index (κ1) is 17.8. The van der Waals surface area contributed by atoms with E-state index in [9.17, 15) is 4.79 Å². The molecular weight excluding hydrogens is 366 g/mol. The minimum Gasteiger partial charge on any atom is -0.340 e. The molecule has 0 bridgehead atoms. The Hall–Kier alpha value is -3.29. The topological polar surface area (TPSA) is 92.1 Å². The molecule has 148 valence electrons. The summed E-state index contributed by atoms with van der Waals surface area (Å²) >= 11 is 0. The summed E-state index contributed by atoms with van der Waals surface area (Å²) in [4.78, 5) is 31.8. The van der Waals surface area contributed by atoms with E-state index in [-0.39, 0.29) is 11.9 Å². The number of imidazole rings is 1. The monoisotopic (exact) mass is 389 g/mol. The third-order valence-electron chi connectivity index (χ3n) is 5.87. The van der Waals surface area contributed by atoms with Crippen LogP contribution in [0.1, 0.15) is 48.1 Å². The third-order valence-corrected chi connectivity index (χ3v) is 5.87. The van der Waals surface area contributed by atoms with Crippen molar-refractivity contribution in [2.45, 2.75) is 45.6 Å². The Kier molecular flexibility index (Phi) is 4.26. The molecule has 3 aromatic heterocycles. The van der Waals surface area contributed by atoms with Crippen LogP contribution in [-0.2, 0) is 11.2 Å². The molecule has 4 heterocycles. The number of benzene rings is 1. The molecule has 0 spiro atoms. The van der Waals surface area contributed by atoms with Gasteiger partial charge in [0.25, 0.3) is 5.78 Å². The normalized spacial score (nSPS) is 16.9. The van der Waals surface area contributed by atoms with Crippen LogP contribution in [-0.4, -0.2) is 46.9 Å². The van der Waals surface area contributed by atoms with Crippen molar-refractivity contribution >= 4 is 22.7 Å². The van der Waals surface area contributed by atoms with Gasteiger partial charge in [-0.25, -0.2) is 14.5 Å². The summed E-state index contributed by atoms with van der Waals surface area (Å²) in [7, 11) is 0. The number of hydrogen-bond acceptors (Lipinski definition) is 5. The van der Waals surface area contributed by atoms with Gasteiger partial charge in [0.1, 0.15) is 12.2 Å². The molecule has 1 aromatic carbocycles. The van der Waals surface area contributed by atoms with Crippen molar-refractivity contribution in [1.82, 2.24) is 34.4 Å². The number of aromatic amines is 1. The molecule has 8 nitrogen and oxygen atoms in total. The fourth-order valence-corrected chi connectivity index (χ4v) is 4.37. The highest BCUT2D eigenvalue weighted by Crippen LogP contribution is 2.32. The van der Waals surface area contributed by atoms with Crippen LogP contribution in [0.4, 0.5) is 0 Å². The number of rotatable bonds is 4. The summed E-state index contributed by atoms with van der Waals surface area (Å²) in [5.41, 5.74) is 4.93. The van der Waals surface area contributed by atoms with E-state index in [1.54, 1.807) is 4.52 Å². The van der Waals surface area contributed by atoms with Crippen LogP contribution in [0.15, 0.2) is 30.6 Å². The maximum Gasteiger partial charge on any atom is 0.252 e. The summed E-state index contributed by atoms with van der Waals surface area (Å²) < 4.78 is 1.74. The van der Waals surface area contributed by atoms with Gasteiger partial charge in [-0.1, -0.05) is 12.1 Å². The van der Waals surface area contributed by atoms with Gasteiger partial charge in [-0.3, -0.25) is 4.79 Å². The first-order valence-corrected chi connectivity index (χ1v) is 10.0. The van der Waals surface area contributed by atoms with E-state index in [1.807, 2.05) is 43.0 Å². The van der Waals surface area contributed by atoms with Crippen molar-refractivity contribution in [2.75, 3.05) is 6.54 Å². The standard InChI is InChI=1S/C21H23N7O/c1-13-15(14(2)28-21(24-13)22-12-23-28)9-10-19(29)27-11-5-8-18(27)20-25-16-6-3-4-7-17(16)26-20/h3-4,6-7,12,18H,5,8-11H2,1-2H3,(H,25,26). The molecule has 1 aliphatic heterocycles. The lowest BCUT2D eigenvalue weighted by atomic mass is 10.1. The maximum atomic E-state index is 13.1. The van der Waals surface area contributed by atoms with Crippen LogP contribution in [0.2, 0.25) is 0 Å². The molecule has 0 aliphatic carbocycles. The lowest BCUT2D eigenvalue weighted by molar-refractivity contribution is -0.132. The number of hydrogen-bond donors (Lipinski definition) is 1. The number of para-hydroxylation sites is 2. The van der Waals surface area contributed by atoms with E-state index >= 15 is 0 Å². The van der Waals surface area contributed by atoms with Gasteiger partial charge in [-0.2, -0.15) is 10.1 Å². The number of aryl methyl sites for hydroxylation is 2. The molecule has 4 aromatic rings. The number of nitrogens with one attached hydrogen (secondary N) is 1. The SMILES string of the molecule is Cc1nc2ncnn2c(C)c1CCC(=O)N1CCCC1c1nc2ccccc2[nH]1. The van der Waals surface area contributed by atoms with E-state index in [0.29, 0.717) is 18.6 Å². The lowest BCUT2D eigenvalue weighted by Crippen LogP contribution is -2.31. The van der Waals surface area contributed by atoms with Crippen molar-refractivity contribution in [2.24, 2.45) is 0 Å². The lowest BCUT2D eigenvalue weighted by Gasteiger charge is -2.23. The summed E-state index contributed by atoms with van der Waals surface area (Å²) in [6.45, 7) is 4.75. The van der Waals surface area contributed by atoms with Gasteiger partial charge < -0.3 is 9.88 Å². The number of carbonyl (C=O) groups excluding carboxylic acids is 1. The molecule has 29 heavy (non-hydrogen) atoms. The van der Waals surface area contributed by atoms with E-state index < -0.39 is 0 Å². The van der Waals surface area contributed by atoms with Crippen molar-refractivity contribution in [3.63, 3.8) is 0 Å². The Labute approximate surface area is 168 Å². The van der Waals surface area contributed by atoms with Crippen molar-refractivity contribution < 1.29 is 4.79 Å². The molecule has 1 atom stereocenters. The summed E-state index contributed by atoms with van der Waals surface area (Å²) in [6.07, 6.45) is 4.53. The minimum atomic E-state index is 0.0213. The summed E-state index contributed by atoms with van der Waals surface area (Å²) in [5.74, 6) is 1.64. The van der Waals surface area contributed by atoms with Crippen molar-refractivity contribution in [3.05, 3.63) is 53.4 Å². The molecule has 8 heteroatoms. The number of likely N-dealkylation sites (tertiary alicyclic amines) is 1. The molecule has 0 radical (unpaired) electrons. The molecule has 1 N–H and O–H groups in total. The first-order chi connectivity index (χ1) is 14.1. The Morgan fingerprint density at radius 1 is 1.24 bits per heavy atom. The second-order valence-electron chi connectivity index (χ2n) is 7.62. The Morgan fingerprint density at radius 3 is 2.97 bits per heavy atom. The summed E-state index contributed by atoms with van der Waals surface area (Å²) in [6, 6.07) is 8.01. The van der Waals surface area contributed by atoms with Crippen LogP contribution >= 0.6 is 0 Å². The van der Waals surface area contributed by atoms with Crippen molar-refractivity contribution in [3.8, 4) is 0 Å². The zero-order valence-electron chi connectivity index (χ0n) is 16.6. The fourth-order valence-electron chi connectivity index (χ4n) is 4.37. The highest BCUT2D eigenvalue weighted by atomic mass is 16.2. The predicted molar refractivity (Wildman–Crippen MR) is 108 cm³/mol. The van der Waals surface area contributed by atoms with Gasteiger partial charge in [0.2, 0.25) is 5.91 Å². The number of carbonyl (C=O) groups is 1. The van der Waals surface area contributed by atoms with Gasteiger partial charge >= 0.3 is 0 Å². The Balaban J connectivity index is 1.35. The van der Waals surface area contributed by atoms with Crippen LogP contribution in [0.25, 0.3) is 16.8 Å². The highest BCUT2D eigenvalue weighted by Gasteiger charge is 2.32. The molecule has 1 aliphatic rings. The van der Waals surface area contributed by atoms with E-state index in [4.69, 9.17) is 4.98 Å². The largest absolute Gasteiger partial charge is 0.340 e. The highest BCUT2D eigenvalue weighted by molar-refractivity contribution is 5.78. The van der Waals surface area contributed by atoms with E-state index in [2.05, 4.69) is 20.1 Å². The van der Waals surface area contributed by atoms with Crippen LogP contribution in [0.5, 0.6) is 0 Å². The second-order valence-corrected chi connectivity index (χ2v) is 7.62. The van der Waals surface area contributed by atoms with Crippen LogP contribution in [0, 0.1) is 13.8 Å². The fraction of sp³-hybridized carbons (Fsp3) is 0.381. The number of amides is 1. The van der Waals surface area contributed by atoms with Gasteiger partial charge in [-0.05, 0) is 50.8 Å². The summed E-state index contributed by atoms with van der Waals surface area (Å²) in [5, 5.41) is 4.23. The average Bonchev–Trinajstić information content (AvgIpc) is 3.45. The molecule has 1 amide bonds. The number of nitrogens with zero attached hydrogens (tertiary/aromatic N) is 6. The number of aromatic nitrogens is 6. The molecule has 1 unspecified atom stereocenters. The van der Waals surface area contributed by atoms with Gasteiger partial charge in [0, 0.05) is 24.4 Å². The molecule has 5 rings (SSSR count). The minimum absolute atomic E-state index is 0.0213. The Morgan fingerprint density at radius 2 is 2.10 bits per heavy atom. The zero-order chi connectivity index (χ0) is 20.0. The van der Waals surface area contributed by atoms with Crippen molar-refractivity contribution in [1.29, 1.82) is 0 Å². The zero-order valence-corrected chi connectivity index (χ0v) is 16.6. The second kappa shape index (κ2) is 6.95. The van der Waals surface area contributed by atoms with E-state index in [0.717, 1.165) is 53.2 Å². The number of fused-ring (bicyclic) bond motifs is 2. The van der Waals surface area contributed by atoms with Crippen LogP contribution < -0.4 is 0 Å².